The lowest BCUT2D eigenvalue weighted by Gasteiger charge is -2.51. The van der Waals surface area contributed by atoms with Gasteiger partial charge in [0.25, 0.3) is 5.91 Å². The molecule has 0 bridgehead atoms. The van der Waals surface area contributed by atoms with E-state index in [0.29, 0.717) is 12.4 Å². The van der Waals surface area contributed by atoms with Crippen molar-refractivity contribution in [3.63, 3.8) is 0 Å². The molecule has 6 rings (SSSR count). The molecule has 32 heteroatoms. The average molecular weight is 1270 g/mol. The van der Waals surface area contributed by atoms with Gasteiger partial charge in [0.2, 0.25) is 23.6 Å². The Morgan fingerprint density at radius 2 is 0.761 bits per heavy atom. The fourth-order valence-corrected chi connectivity index (χ4v) is 11.4. The first-order chi connectivity index (χ1) is 42.0. The van der Waals surface area contributed by atoms with E-state index in [1.165, 1.54) is 44.2 Å². The Bertz CT molecular complexity index is 2350. The minimum absolute atomic E-state index is 0.0716. The van der Waals surface area contributed by atoms with Gasteiger partial charge in [0.1, 0.15) is 128 Å². The van der Waals surface area contributed by atoms with E-state index in [2.05, 4.69) is 33.5 Å². The number of benzene rings is 1. The summed E-state index contributed by atoms with van der Waals surface area (Å²) >= 11 is 0. The number of rotatable bonds is 30. The first kappa shape index (κ1) is 72.6. The molecule has 5 aliphatic heterocycles. The van der Waals surface area contributed by atoms with Crippen molar-refractivity contribution < 1.29 is 133 Å². The molecule has 17 N–H and O–H groups in total. The number of aliphatic hydroxyl groups is 12. The number of carbonyl (C=O) groups excluding carboxylic acids is 5. The summed E-state index contributed by atoms with van der Waals surface area (Å²) in [6.07, 6.45) is -25.8. The summed E-state index contributed by atoms with van der Waals surface area (Å²) in [5, 5.41) is 145. The van der Waals surface area contributed by atoms with Gasteiger partial charge in [-0.15, -0.1) is 0 Å². The van der Waals surface area contributed by atoms with Crippen LogP contribution in [-0.4, -0.2) is 284 Å². The molecule has 5 aliphatic rings. The fraction of sp³-hybridized carbons (Fsp3) is 0.804. The summed E-state index contributed by atoms with van der Waals surface area (Å²) in [7, 11) is 0. The van der Waals surface area contributed by atoms with Crippen LogP contribution in [0.5, 0.6) is 5.75 Å². The Kier molecular flexibility index (Phi) is 28.7. The second-order valence-electron chi connectivity index (χ2n) is 22.6. The van der Waals surface area contributed by atoms with Gasteiger partial charge >= 0.3 is 0 Å². The smallest absolute Gasteiger partial charge is 0.251 e. The van der Waals surface area contributed by atoms with E-state index < -0.39 is 216 Å². The summed E-state index contributed by atoms with van der Waals surface area (Å²) in [4.78, 5) is 64.1. The molecule has 0 spiro atoms. The molecule has 88 heavy (non-hydrogen) atoms. The molecule has 5 fully saturated rings. The average Bonchev–Trinajstić information content (AvgIpc) is 1.44. The van der Waals surface area contributed by atoms with Crippen LogP contribution in [0.4, 0.5) is 0 Å². The summed E-state index contributed by atoms with van der Waals surface area (Å²) in [6, 6.07) is -2.10. The Morgan fingerprint density at radius 3 is 1.15 bits per heavy atom. The molecule has 25 atom stereocenters. The zero-order valence-corrected chi connectivity index (χ0v) is 49.8. The van der Waals surface area contributed by atoms with Gasteiger partial charge in [0, 0.05) is 33.3 Å². The van der Waals surface area contributed by atoms with Crippen LogP contribution in [0.25, 0.3) is 0 Å². The minimum Gasteiger partial charge on any atom is -0.494 e. The van der Waals surface area contributed by atoms with Gasteiger partial charge < -0.3 is 135 Å². The second kappa shape index (κ2) is 34.8. The van der Waals surface area contributed by atoms with Crippen molar-refractivity contribution in [3.05, 3.63) is 29.8 Å². The number of nitrogens with one attached hydrogen (secondary N) is 5. The van der Waals surface area contributed by atoms with E-state index in [9.17, 15) is 85.3 Å². The normalized spacial score (nSPS) is 37.7. The van der Waals surface area contributed by atoms with Crippen LogP contribution in [0.1, 0.15) is 103 Å². The second-order valence-corrected chi connectivity index (χ2v) is 22.6. The van der Waals surface area contributed by atoms with Crippen molar-refractivity contribution >= 4 is 29.5 Å². The van der Waals surface area contributed by atoms with Gasteiger partial charge in [-0.1, -0.05) is 64.4 Å². The molecule has 1 aromatic carbocycles. The molecule has 502 valence electrons. The first-order valence-corrected chi connectivity index (χ1v) is 29.8. The summed E-state index contributed by atoms with van der Waals surface area (Å²) in [5.74, 6) is -3.50. The molecule has 0 aliphatic carbocycles. The van der Waals surface area contributed by atoms with Crippen molar-refractivity contribution in [3.8, 4) is 5.75 Å². The highest BCUT2D eigenvalue weighted by molar-refractivity contribution is 5.94. The molecule has 5 amide bonds. The molecule has 0 saturated carbocycles. The zero-order valence-electron chi connectivity index (χ0n) is 49.8. The maximum atomic E-state index is 13.9. The highest BCUT2D eigenvalue weighted by Gasteiger charge is 2.58. The maximum Gasteiger partial charge on any atom is 0.251 e. The predicted octanol–water partition coefficient (Wildman–Crippen LogP) is -6.00. The third kappa shape index (κ3) is 18.8. The standard InChI is InChI=1S/C56H91N5O27/c1-6-7-8-9-10-11-12-13-14-18-79-30-17-15-16-29(19-30)51(77)61-37-42(72)41(71)31(20-62)81-53(37)86-48-33(22-64)83-55(39(44(48)74)59-27(4)69)88-50-35(24-66)84-56(40(46(50)76)60-28(5)70)87-49-34(23-65)82-54(38(45(49)75)58-26(3)68)85-47-32(21-63)80-52(78)36(43(47)73)57-25(2)67/h15-17,19,31-50,52-56,62-66,71-76,78H,6-14,18,20-24H2,1-5H3,(H,57,67)(H,58,68)(H,59,69)(H,60,70)(H,61,77)/t31?,32?,33-,34-,35?,36-,37-,38?,39?,40-,41+,42+,43+,44?,45?,46+,47?,48+,49+,50?,52?,53?,54?,55-,56-/m0/s1. The third-order valence-electron chi connectivity index (χ3n) is 15.9. The summed E-state index contributed by atoms with van der Waals surface area (Å²) in [6.45, 7) is 2.10. The van der Waals surface area contributed by atoms with Crippen LogP contribution in [-0.2, 0) is 61.8 Å². The minimum atomic E-state index is -2.03. The largest absolute Gasteiger partial charge is 0.494 e. The van der Waals surface area contributed by atoms with E-state index in [0.717, 1.165) is 53.4 Å². The van der Waals surface area contributed by atoms with Crippen molar-refractivity contribution in [2.24, 2.45) is 0 Å². The number of hydrogen-bond acceptors (Lipinski definition) is 27. The van der Waals surface area contributed by atoms with Crippen molar-refractivity contribution in [1.82, 2.24) is 26.6 Å². The number of unbranched alkanes of at least 4 members (excludes halogenated alkanes) is 8. The number of aliphatic hydroxyl groups excluding tert-OH is 12. The van der Waals surface area contributed by atoms with E-state index in [-0.39, 0.29) is 5.56 Å². The van der Waals surface area contributed by atoms with Gasteiger partial charge in [0.05, 0.1) is 39.6 Å². The third-order valence-corrected chi connectivity index (χ3v) is 15.9. The van der Waals surface area contributed by atoms with Crippen molar-refractivity contribution in [2.75, 3.05) is 39.6 Å². The van der Waals surface area contributed by atoms with Crippen LogP contribution in [0.15, 0.2) is 24.3 Å². The van der Waals surface area contributed by atoms with E-state index >= 15 is 0 Å². The predicted molar refractivity (Wildman–Crippen MR) is 297 cm³/mol. The molecular formula is C56H91N5O27. The SMILES string of the molecule is CCCCCCCCCCCOc1cccc(C(=O)N[C@@H]2C(O[C@H]3C(O)C(NC(C)=O)[C@H](OC4C(CO)O[C@@H](O[C@H]5C(O)C(NC(C)=O)C(OC6C(CO)OC(O)[C@@H](NC(C)=O)[C@H]6O)O[C@H]5CO)[C@@H](NC(C)=O)[C@H]4O)O[C@H]3CO)OC(CO)[C@@H](O)[C@@H]2O)c1. The Balaban J connectivity index is 1.18. The van der Waals surface area contributed by atoms with Crippen LogP contribution >= 0.6 is 0 Å². The Morgan fingerprint density at radius 1 is 0.420 bits per heavy atom. The lowest BCUT2D eigenvalue weighted by Crippen LogP contribution is -2.72. The first-order valence-electron chi connectivity index (χ1n) is 29.8. The molecule has 5 saturated heterocycles. The number of carbonyl (C=O) groups is 5. The van der Waals surface area contributed by atoms with Crippen LogP contribution in [0.3, 0.4) is 0 Å². The van der Waals surface area contributed by atoms with Gasteiger partial charge in [-0.2, -0.15) is 0 Å². The molecule has 1 aromatic rings. The Hall–Kier alpha value is -4.47. The van der Waals surface area contributed by atoms with Gasteiger partial charge in [-0.25, -0.2) is 0 Å². The highest BCUT2D eigenvalue weighted by Crippen LogP contribution is 2.36. The van der Waals surface area contributed by atoms with E-state index in [1.807, 2.05) is 0 Å². The van der Waals surface area contributed by atoms with Crippen LogP contribution < -0.4 is 31.3 Å². The Labute approximate surface area is 508 Å². The lowest BCUT2D eigenvalue weighted by atomic mass is 9.93. The van der Waals surface area contributed by atoms with Crippen molar-refractivity contribution in [1.29, 1.82) is 0 Å². The molecule has 5 heterocycles. The number of ether oxygens (including phenoxy) is 10. The quantitative estimate of drug-likeness (QED) is 0.0319. The topological polar surface area (TPSA) is 481 Å². The summed E-state index contributed by atoms with van der Waals surface area (Å²) < 4.78 is 59.9. The molecule has 12 unspecified atom stereocenters. The van der Waals surface area contributed by atoms with E-state index in [4.69, 9.17) is 47.4 Å². The van der Waals surface area contributed by atoms with Crippen molar-refractivity contribution in [2.45, 2.75) is 246 Å². The van der Waals surface area contributed by atoms with Crippen LogP contribution in [0.2, 0.25) is 0 Å². The van der Waals surface area contributed by atoms with Crippen LogP contribution in [0, 0.1) is 0 Å². The summed E-state index contributed by atoms with van der Waals surface area (Å²) in [5.41, 5.74) is 0.0716. The molecule has 0 aromatic heterocycles. The zero-order chi connectivity index (χ0) is 64.5. The maximum absolute atomic E-state index is 13.9. The number of amides is 5. The number of hydrogen-bond donors (Lipinski definition) is 17. The van der Waals surface area contributed by atoms with E-state index in [1.54, 1.807) is 12.1 Å². The molecule has 0 radical (unpaired) electrons. The van der Waals surface area contributed by atoms with Gasteiger partial charge in [-0.05, 0) is 24.6 Å². The lowest BCUT2D eigenvalue weighted by molar-refractivity contribution is -0.367. The fourth-order valence-electron chi connectivity index (χ4n) is 11.4. The van der Waals surface area contributed by atoms with Gasteiger partial charge in [0.15, 0.2) is 31.5 Å². The highest BCUT2D eigenvalue weighted by atomic mass is 16.8. The molecular weight excluding hydrogens is 1170 g/mol. The monoisotopic (exact) mass is 1270 g/mol. The van der Waals surface area contributed by atoms with Gasteiger partial charge in [-0.3, -0.25) is 24.0 Å². The molecule has 32 nitrogen and oxygen atoms in total.